The summed E-state index contributed by atoms with van der Waals surface area (Å²) in [6.45, 7) is -0.266. The number of ether oxygens (including phenoxy) is 1. The normalized spacial score (nSPS) is 21.5. The van der Waals surface area contributed by atoms with Crippen LogP contribution in [0.3, 0.4) is 0 Å². The van der Waals surface area contributed by atoms with Gasteiger partial charge in [-0.2, -0.15) is 0 Å². The predicted octanol–water partition coefficient (Wildman–Crippen LogP) is 1.54. The average molecular weight is 399 g/mol. The number of H-pyrrole nitrogens is 1. The number of aliphatic hydroxyl groups excluding tert-OH is 1. The van der Waals surface area contributed by atoms with Crippen molar-refractivity contribution in [2.45, 2.75) is 31.7 Å². The molecule has 2 aliphatic rings. The van der Waals surface area contributed by atoms with Gasteiger partial charge in [0.1, 0.15) is 5.39 Å². The van der Waals surface area contributed by atoms with Crippen LogP contribution in [0.5, 0.6) is 5.75 Å². The minimum absolute atomic E-state index is 0.114. The zero-order chi connectivity index (χ0) is 20.4. The highest BCUT2D eigenvalue weighted by molar-refractivity contribution is 5.93. The number of nitrogens with one attached hydrogen (secondary N) is 1. The van der Waals surface area contributed by atoms with Crippen molar-refractivity contribution in [2.24, 2.45) is 5.92 Å². The Labute approximate surface area is 157 Å². The molecule has 152 valence electrons. The lowest BCUT2D eigenvalue weighted by Gasteiger charge is -2.25. The van der Waals surface area contributed by atoms with Crippen LogP contribution in [0.25, 0.3) is 10.9 Å². The predicted molar refractivity (Wildman–Crippen MR) is 96.1 cm³/mol. The van der Waals surface area contributed by atoms with Gasteiger partial charge < -0.3 is 14.7 Å². The standard InChI is InChI=1S/C18H20F3N3O4/c1-8-13-11(16(26)22-17(27)24(13)10-3-4-10)15(28-2)12(19)14(8)23-5-9(6-25)18(20,21)7-23/h9-10,25H,3-7H2,1-2H3,(H,22,26,27). The third-order valence-electron chi connectivity index (χ3n) is 5.58. The van der Waals surface area contributed by atoms with Crippen molar-refractivity contribution in [1.82, 2.24) is 9.55 Å². The third-order valence-corrected chi connectivity index (χ3v) is 5.58. The molecule has 2 aromatic rings. The molecular formula is C18H20F3N3O4. The van der Waals surface area contributed by atoms with Crippen LogP contribution in [0.15, 0.2) is 9.59 Å². The van der Waals surface area contributed by atoms with E-state index in [1.807, 2.05) is 0 Å². The fraction of sp³-hybridized carbons (Fsp3) is 0.556. The second kappa shape index (κ2) is 6.26. The largest absolute Gasteiger partial charge is 0.493 e. The second-order valence-corrected chi connectivity index (χ2v) is 7.43. The first-order valence-corrected chi connectivity index (χ1v) is 8.99. The molecule has 28 heavy (non-hydrogen) atoms. The molecule has 0 radical (unpaired) electrons. The van der Waals surface area contributed by atoms with Gasteiger partial charge in [-0.15, -0.1) is 0 Å². The van der Waals surface area contributed by atoms with Gasteiger partial charge in [0, 0.05) is 18.2 Å². The van der Waals surface area contributed by atoms with E-state index < -0.39 is 42.1 Å². The van der Waals surface area contributed by atoms with Crippen molar-refractivity contribution < 1.29 is 23.0 Å². The molecule has 0 spiro atoms. The molecule has 1 aromatic heterocycles. The Morgan fingerprint density at radius 2 is 2.00 bits per heavy atom. The van der Waals surface area contributed by atoms with Gasteiger partial charge in [-0.25, -0.2) is 18.0 Å². The lowest BCUT2D eigenvalue weighted by atomic mass is 10.1. The van der Waals surface area contributed by atoms with Gasteiger partial charge in [0.25, 0.3) is 11.5 Å². The van der Waals surface area contributed by atoms with Crippen LogP contribution in [0.2, 0.25) is 0 Å². The van der Waals surface area contributed by atoms with Crippen LogP contribution < -0.4 is 20.9 Å². The zero-order valence-electron chi connectivity index (χ0n) is 15.4. The van der Waals surface area contributed by atoms with Gasteiger partial charge in [0.05, 0.1) is 37.4 Å². The first-order chi connectivity index (χ1) is 13.2. The number of hydrogen-bond acceptors (Lipinski definition) is 5. The van der Waals surface area contributed by atoms with Crippen molar-refractivity contribution in [3.8, 4) is 5.75 Å². The van der Waals surface area contributed by atoms with Crippen molar-refractivity contribution in [2.75, 3.05) is 31.7 Å². The minimum atomic E-state index is -3.19. The van der Waals surface area contributed by atoms with E-state index in [0.29, 0.717) is 0 Å². The molecule has 1 saturated carbocycles. The topological polar surface area (TPSA) is 87.6 Å². The number of aromatic nitrogens is 2. The number of anilines is 1. The Balaban J connectivity index is 2.05. The monoisotopic (exact) mass is 399 g/mol. The Bertz CT molecular complexity index is 1070. The molecular weight excluding hydrogens is 379 g/mol. The van der Waals surface area contributed by atoms with E-state index >= 15 is 4.39 Å². The van der Waals surface area contributed by atoms with Crippen LogP contribution >= 0.6 is 0 Å². The first-order valence-electron chi connectivity index (χ1n) is 8.99. The van der Waals surface area contributed by atoms with E-state index in [1.165, 1.54) is 18.6 Å². The number of alkyl halides is 2. The van der Waals surface area contributed by atoms with Gasteiger partial charge in [0.2, 0.25) is 0 Å². The Morgan fingerprint density at radius 3 is 2.54 bits per heavy atom. The summed E-state index contributed by atoms with van der Waals surface area (Å²) in [4.78, 5) is 28.2. The smallest absolute Gasteiger partial charge is 0.329 e. The van der Waals surface area contributed by atoms with Crippen molar-refractivity contribution in [1.29, 1.82) is 0 Å². The number of rotatable bonds is 4. The third kappa shape index (κ3) is 2.61. The number of aliphatic hydroxyl groups is 1. The summed E-state index contributed by atoms with van der Waals surface area (Å²) >= 11 is 0. The number of fused-ring (bicyclic) bond motifs is 1. The van der Waals surface area contributed by atoms with Crippen LogP contribution in [0.1, 0.15) is 24.4 Å². The first kappa shape index (κ1) is 18.9. The zero-order valence-corrected chi connectivity index (χ0v) is 15.4. The van der Waals surface area contributed by atoms with E-state index in [2.05, 4.69) is 4.98 Å². The fourth-order valence-electron chi connectivity index (χ4n) is 4.08. The summed E-state index contributed by atoms with van der Waals surface area (Å²) in [6.07, 6.45) is 1.45. The van der Waals surface area contributed by atoms with Crippen LogP contribution in [-0.4, -0.2) is 47.4 Å². The minimum Gasteiger partial charge on any atom is -0.493 e. The highest BCUT2D eigenvalue weighted by Gasteiger charge is 2.49. The van der Waals surface area contributed by atoms with Gasteiger partial charge in [-0.05, 0) is 19.8 Å². The van der Waals surface area contributed by atoms with Gasteiger partial charge in [0.15, 0.2) is 11.6 Å². The molecule has 1 saturated heterocycles. The maximum Gasteiger partial charge on any atom is 0.329 e. The van der Waals surface area contributed by atoms with Crippen molar-refractivity contribution in [3.63, 3.8) is 0 Å². The van der Waals surface area contributed by atoms with E-state index in [4.69, 9.17) is 4.74 Å². The molecule has 1 unspecified atom stereocenters. The number of aromatic amines is 1. The van der Waals surface area contributed by atoms with E-state index in [9.17, 15) is 23.5 Å². The van der Waals surface area contributed by atoms with Crippen molar-refractivity contribution in [3.05, 3.63) is 32.2 Å². The molecule has 7 nitrogen and oxygen atoms in total. The van der Waals surface area contributed by atoms with Gasteiger partial charge in [-0.3, -0.25) is 14.3 Å². The fourth-order valence-corrected chi connectivity index (χ4v) is 4.08. The number of aryl methyl sites for hydroxylation is 1. The van der Waals surface area contributed by atoms with E-state index in [0.717, 1.165) is 17.7 Å². The summed E-state index contributed by atoms with van der Waals surface area (Å²) in [7, 11) is 1.18. The van der Waals surface area contributed by atoms with E-state index in [-0.39, 0.29) is 40.5 Å². The lowest BCUT2D eigenvalue weighted by molar-refractivity contribution is -0.0391. The number of benzene rings is 1. The number of methoxy groups -OCH3 is 1. The molecule has 1 aromatic carbocycles. The molecule has 1 atom stereocenters. The SMILES string of the molecule is COc1c(F)c(N2CC(CO)C(F)(F)C2)c(C)c2c1c(=O)[nH]c(=O)n2C1CC1. The molecule has 1 aliphatic carbocycles. The second-order valence-electron chi connectivity index (χ2n) is 7.43. The summed E-state index contributed by atoms with van der Waals surface area (Å²) in [5.74, 6) is -5.85. The van der Waals surface area contributed by atoms with Crippen LogP contribution in [0.4, 0.5) is 18.9 Å². The van der Waals surface area contributed by atoms with Gasteiger partial charge >= 0.3 is 5.69 Å². The maximum absolute atomic E-state index is 15.3. The van der Waals surface area contributed by atoms with Crippen molar-refractivity contribution >= 4 is 16.6 Å². The number of nitrogens with zero attached hydrogens (tertiary/aromatic N) is 2. The van der Waals surface area contributed by atoms with Crippen LogP contribution in [0, 0.1) is 18.7 Å². The Kier molecular flexibility index (Phi) is 4.22. The lowest BCUT2D eigenvalue weighted by Crippen LogP contribution is -2.32. The molecule has 0 bridgehead atoms. The van der Waals surface area contributed by atoms with Crippen LogP contribution in [-0.2, 0) is 0 Å². The highest BCUT2D eigenvalue weighted by atomic mass is 19.3. The molecule has 2 heterocycles. The summed E-state index contributed by atoms with van der Waals surface area (Å²) in [5.41, 5.74) is -1.14. The summed E-state index contributed by atoms with van der Waals surface area (Å²) < 4.78 is 50.2. The number of hydrogen-bond donors (Lipinski definition) is 2. The van der Waals surface area contributed by atoms with E-state index in [1.54, 1.807) is 0 Å². The van der Waals surface area contributed by atoms with Gasteiger partial charge in [-0.1, -0.05) is 0 Å². The Morgan fingerprint density at radius 1 is 1.32 bits per heavy atom. The maximum atomic E-state index is 15.3. The molecule has 1 aliphatic heterocycles. The summed E-state index contributed by atoms with van der Waals surface area (Å²) in [5, 5.41) is 9.15. The summed E-state index contributed by atoms with van der Waals surface area (Å²) in [6, 6.07) is -0.140. The molecule has 10 heteroatoms. The quantitative estimate of drug-likeness (QED) is 0.815. The molecule has 2 fully saturated rings. The Hall–Kier alpha value is -2.49. The molecule has 2 N–H and O–H groups in total. The highest BCUT2D eigenvalue weighted by Crippen LogP contribution is 2.44. The molecule has 4 rings (SSSR count). The average Bonchev–Trinajstić information content (AvgIpc) is 3.40. The molecule has 0 amide bonds. The number of halogens is 3.